The number of aliphatic hydroxyl groups excluding tert-OH is 2. The maximum Gasteiger partial charge on any atom is 0.314 e. The molecule has 47 heavy (non-hydrogen) atoms. The second kappa shape index (κ2) is 35.6. The first kappa shape index (κ1) is 45.8. The molecule has 0 bridgehead atoms. The van der Waals surface area contributed by atoms with Crippen LogP contribution in [0.5, 0.6) is 0 Å². The summed E-state index contributed by atoms with van der Waals surface area (Å²) in [7, 11) is 0. The zero-order valence-corrected chi connectivity index (χ0v) is 26.5. The Kier molecular flexibility index (Phi) is 34.7. The van der Waals surface area contributed by atoms with Crippen molar-refractivity contribution in [3.8, 4) is 0 Å². The minimum absolute atomic E-state index is 0.0413. The van der Waals surface area contributed by atoms with Gasteiger partial charge in [-0.3, -0.25) is 28.8 Å². The van der Waals surface area contributed by atoms with E-state index in [4.69, 9.17) is 58.3 Å². The van der Waals surface area contributed by atoms with Gasteiger partial charge in [0.1, 0.15) is 13.2 Å². The third kappa shape index (κ3) is 40.7. The third-order valence-electron chi connectivity index (χ3n) is 4.79. The Labute approximate surface area is 272 Å². The first-order chi connectivity index (χ1) is 22.6. The number of aliphatic carboxylic acids is 2. The Morgan fingerprint density at radius 1 is 0.468 bits per heavy atom. The number of ether oxygens (including phenoxy) is 9. The van der Waals surface area contributed by atoms with E-state index in [9.17, 15) is 28.8 Å². The molecule has 0 atom stereocenters. The van der Waals surface area contributed by atoms with Crippen molar-refractivity contribution >= 4 is 35.8 Å². The second-order valence-corrected chi connectivity index (χ2v) is 8.70. The Hall–Kier alpha value is -3.30. The standard InChI is InChI=1S/C16H26O11.C8H18O5.C4H4O3/c17-13(18)1-3-15(21)26-11-9-24-7-5-23-6-8-25-10-12-27-16(22)4-2-14(19)20;9-1-3-11-5-7-13-8-6-12-4-2-10;5-3-1-2-4(6)7-3/h1-12H2,(H,17,18)(H,19,20);9-10H,1-8H2;1-2H2. The van der Waals surface area contributed by atoms with E-state index in [0.717, 1.165) is 0 Å². The van der Waals surface area contributed by atoms with Crippen LogP contribution in [-0.4, -0.2) is 162 Å². The summed E-state index contributed by atoms with van der Waals surface area (Å²) in [6.45, 7) is 4.47. The minimum atomic E-state index is -1.05. The van der Waals surface area contributed by atoms with Gasteiger partial charge in [0.15, 0.2) is 0 Å². The van der Waals surface area contributed by atoms with E-state index in [0.29, 0.717) is 66.1 Å². The fourth-order valence-corrected chi connectivity index (χ4v) is 2.64. The zero-order valence-electron chi connectivity index (χ0n) is 26.5. The van der Waals surface area contributed by atoms with E-state index >= 15 is 0 Å². The molecule has 0 aromatic carbocycles. The molecule has 1 aliphatic heterocycles. The maximum absolute atomic E-state index is 11.1. The predicted molar refractivity (Wildman–Crippen MR) is 155 cm³/mol. The smallest absolute Gasteiger partial charge is 0.314 e. The summed E-state index contributed by atoms with van der Waals surface area (Å²) in [6.07, 6.45) is -0.330. The van der Waals surface area contributed by atoms with Crippen LogP contribution in [0.3, 0.4) is 0 Å². The number of carbonyl (C=O) groups is 6. The summed E-state index contributed by atoms with van der Waals surface area (Å²) in [5, 5.41) is 33.5. The second-order valence-electron chi connectivity index (χ2n) is 8.70. The van der Waals surface area contributed by atoms with Crippen molar-refractivity contribution in [1.29, 1.82) is 0 Å². The van der Waals surface area contributed by atoms with Gasteiger partial charge >= 0.3 is 35.8 Å². The lowest BCUT2D eigenvalue weighted by atomic mass is 10.3. The molecule has 4 N–H and O–H groups in total. The molecular weight excluding hydrogens is 640 g/mol. The molecule has 0 aliphatic carbocycles. The first-order valence-electron chi connectivity index (χ1n) is 14.8. The molecule has 1 fully saturated rings. The quantitative estimate of drug-likeness (QED) is 0.0323. The van der Waals surface area contributed by atoms with Gasteiger partial charge in [0.25, 0.3) is 0 Å². The maximum atomic E-state index is 11.1. The lowest BCUT2D eigenvalue weighted by Crippen LogP contribution is -2.15. The van der Waals surface area contributed by atoms with Crippen molar-refractivity contribution in [2.45, 2.75) is 38.5 Å². The van der Waals surface area contributed by atoms with Gasteiger partial charge in [0.05, 0.1) is 131 Å². The van der Waals surface area contributed by atoms with Crippen LogP contribution in [0.15, 0.2) is 0 Å². The van der Waals surface area contributed by atoms with Gasteiger partial charge < -0.3 is 63.1 Å². The topological polar surface area (TPSA) is 266 Å². The van der Waals surface area contributed by atoms with Crippen molar-refractivity contribution in [3.05, 3.63) is 0 Å². The fourth-order valence-electron chi connectivity index (χ4n) is 2.64. The lowest BCUT2D eigenvalue weighted by molar-refractivity contribution is -0.152. The van der Waals surface area contributed by atoms with Gasteiger partial charge in [0, 0.05) is 0 Å². The molecule has 1 saturated heterocycles. The van der Waals surface area contributed by atoms with Gasteiger partial charge in [-0.15, -0.1) is 0 Å². The molecule has 19 nitrogen and oxygen atoms in total. The molecule has 0 aromatic heterocycles. The van der Waals surface area contributed by atoms with Crippen LogP contribution in [0.25, 0.3) is 0 Å². The van der Waals surface area contributed by atoms with Crippen molar-refractivity contribution < 1.29 is 91.8 Å². The van der Waals surface area contributed by atoms with E-state index < -0.39 is 35.8 Å². The summed E-state index contributed by atoms with van der Waals surface area (Å²) < 4.78 is 44.2. The van der Waals surface area contributed by atoms with Crippen LogP contribution in [0.4, 0.5) is 0 Å². The van der Waals surface area contributed by atoms with Crippen molar-refractivity contribution in [1.82, 2.24) is 0 Å². The predicted octanol–water partition coefficient (Wildman–Crippen LogP) is -1.28. The van der Waals surface area contributed by atoms with Gasteiger partial charge in [-0.1, -0.05) is 0 Å². The van der Waals surface area contributed by atoms with Crippen LogP contribution < -0.4 is 0 Å². The van der Waals surface area contributed by atoms with Gasteiger partial charge in [0.2, 0.25) is 0 Å². The Balaban J connectivity index is 0. The molecule has 0 spiro atoms. The molecule has 0 radical (unpaired) electrons. The van der Waals surface area contributed by atoms with Gasteiger partial charge in [-0.05, 0) is 0 Å². The highest BCUT2D eigenvalue weighted by Gasteiger charge is 2.19. The third-order valence-corrected chi connectivity index (χ3v) is 4.79. The number of esters is 4. The number of aliphatic hydroxyl groups is 2. The SMILES string of the molecule is O=C(O)CCC(=O)OCCOCCOCCOCCOC(=O)CCC(=O)O.O=C1CCC(=O)O1.OCCOCCOCCOCCO. The van der Waals surface area contributed by atoms with Crippen molar-refractivity contribution in [2.24, 2.45) is 0 Å². The molecule has 1 aliphatic rings. The minimum Gasteiger partial charge on any atom is -0.481 e. The summed E-state index contributed by atoms with van der Waals surface area (Å²) >= 11 is 0. The van der Waals surface area contributed by atoms with Crippen LogP contribution in [0, 0.1) is 0 Å². The highest BCUT2D eigenvalue weighted by molar-refractivity contribution is 5.92. The molecule has 19 heteroatoms. The largest absolute Gasteiger partial charge is 0.481 e. The van der Waals surface area contributed by atoms with Crippen LogP contribution in [0.2, 0.25) is 0 Å². The molecular formula is C28H48O19. The number of hydrogen-bond acceptors (Lipinski definition) is 17. The molecule has 1 rings (SSSR count). The molecule has 0 unspecified atom stereocenters. The average molecular weight is 689 g/mol. The number of rotatable bonds is 28. The highest BCUT2D eigenvalue weighted by atomic mass is 16.6. The van der Waals surface area contributed by atoms with Crippen LogP contribution in [0.1, 0.15) is 38.5 Å². The van der Waals surface area contributed by atoms with Crippen LogP contribution >= 0.6 is 0 Å². The number of carbonyl (C=O) groups excluding carboxylic acids is 4. The lowest BCUT2D eigenvalue weighted by Gasteiger charge is -2.08. The summed E-state index contributed by atoms with van der Waals surface area (Å²) in [5.74, 6) is -4.07. The van der Waals surface area contributed by atoms with E-state index in [1.54, 1.807) is 0 Å². The van der Waals surface area contributed by atoms with Gasteiger partial charge in [-0.25, -0.2) is 0 Å². The summed E-state index contributed by atoms with van der Waals surface area (Å²) in [4.78, 5) is 62.7. The number of carboxylic acid groups (broad SMARTS) is 2. The molecule has 274 valence electrons. The van der Waals surface area contributed by atoms with Crippen molar-refractivity contribution in [3.63, 3.8) is 0 Å². The van der Waals surface area contributed by atoms with Crippen LogP contribution in [-0.2, 0) is 71.4 Å². The van der Waals surface area contributed by atoms with E-state index in [2.05, 4.69) is 4.74 Å². The Morgan fingerprint density at radius 3 is 0.979 bits per heavy atom. The summed E-state index contributed by atoms with van der Waals surface area (Å²) in [5.41, 5.74) is 0. The average Bonchev–Trinajstić information content (AvgIpc) is 3.42. The number of hydrogen-bond donors (Lipinski definition) is 4. The molecule has 1 heterocycles. The first-order valence-corrected chi connectivity index (χ1v) is 14.8. The molecule has 0 saturated carbocycles. The summed E-state index contributed by atoms with van der Waals surface area (Å²) in [6, 6.07) is 0. The zero-order chi connectivity index (χ0) is 35.4. The number of carboxylic acids is 2. The van der Waals surface area contributed by atoms with Crippen molar-refractivity contribution in [2.75, 3.05) is 106 Å². The molecule has 0 amide bonds. The Bertz CT molecular complexity index is 771. The van der Waals surface area contributed by atoms with E-state index in [-0.39, 0.29) is 78.2 Å². The van der Waals surface area contributed by atoms with E-state index in [1.807, 2.05) is 0 Å². The number of cyclic esters (lactones) is 2. The monoisotopic (exact) mass is 688 g/mol. The van der Waals surface area contributed by atoms with Gasteiger partial charge in [-0.2, -0.15) is 0 Å². The van der Waals surface area contributed by atoms with E-state index in [1.165, 1.54) is 0 Å². The Morgan fingerprint density at radius 2 is 0.745 bits per heavy atom. The fraction of sp³-hybridized carbons (Fsp3) is 0.786. The highest BCUT2D eigenvalue weighted by Crippen LogP contribution is 2.04. The molecule has 0 aromatic rings. The normalized spacial score (nSPS) is 11.9.